The van der Waals surface area contributed by atoms with E-state index in [0.717, 1.165) is 28.8 Å². The largest absolute Gasteiger partial charge is 0.481 e. The van der Waals surface area contributed by atoms with E-state index < -0.39 is 23.2 Å². The zero-order chi connectivity index (χ0) is 20.2. The number of hydrogen-bond donors (Lipinski definition) is 3. The lowest BCUT2D eigenvalue weighted by atomic mass is 9.86. The van der Waals surface area contributed by atoms with Crippen LogP contribution in [0.3, 0.4) is 0 Å². The van der Waals surface area contributed by atoms with Crippen molar-refractivity contribution in [2.75, 3.05) is 0 Å². The molecule has 0 aliphatic heterocycles. The number of aryl methyl sites for hydroxylation is 1. The molecule has 2 rings (SSSR count). The second kappa shape index (κ2) is 8.35. The highest BCUT2D eigenvalue weighted by atomic mass is 32.1. The van der Waals surface area contributed by atoms with Crippen LogP contribution >= 0.6 is 11.3 Å². The Labute approximate surface area is 162 Å². The first-order valence-electron chi connectivity index (χ1n) is 8.63. The standard InChI is InChI=1S/C20H24N2O4S/c1-20(2,19(25)26)8-4-6-12-5-3-7-13(9-12)15-10-14(18(22)24)16(27-15)11-17(21)23/h3,5,7,9-10H,4,6,8,11H2,1-2H3,(H2,21,23)(H2,22,24)(H,25,26). The highest BCUT2D eigenvalue weighted by Crippen LogP contribution is 2.33. The van der Waals surface area contributed by atoms with Crippen LogP contribution in [0, 0.1) is 5.41 Å². The Morgan fingerprint density at radius 3 is 2.44 bits per heavy atom. The van der Waals surface area contributed by atoms with Crippen LogP contribution in [0.2, 0.25) is 0 Å². The zero-order valence-electron chi connectivity index (χ0n) is 15.5. The fourth-order valence-electron chi connectivity index (χ4n) is 2.79. The normalized spacial score (nSPS) is 11.3. The van der Waals surface area contributed by atoms with Gasteiger partial charge >= 0.3 is 5.97 Å². The van der Waals surface area contributed by atoms with Gasteiger partial charge in [-0.3, -0.25) is 14.4 Å². The minimum absolute atomic E-state index is 0.0209. The van der Waals surface area contributed by atoms with Gasteiger partial charge < -0.3 is 16.6 Å². The Morgan fingerprint density at radius 1 is 1.15 bits per heavy atom. The summed E-state index contributed by atoms with van der Waals surface area (Å²) in [5.41, 5.74) is 12.2. The van der Waals surface area contributed by atoms with Crippen molar-refractivity contribution in [3.8, 4) is 10.4 Å². The Balaban J connectivity index is 2.18. The Morgan fingerprint density at radius 2 is 1.85 bits per heavy atom. The predicted octanol–water partition coefficient (Wildman–Crippen LogP) is 2.98. The fraction of sp³-hybridized carbons (Fsp3) is 0.350. The van der Waals surface area contributed by atoms with E-state index in [0.29, 0.717) is 16.9 Å². The van der Waals surface area contributed by atoms with Gasteiger partial charge in [0.05, 0.1) is 17.4 Å². The van der Waals surface area contributed by atoms with Gasteiger partial charge in [0.15, 0.2) is 0 Å². The molecule has 2 aromatic rings. The SMILES string of the molecule is CC(C)(CCCc1cccc(-c2cc(C(N)=O)c(CC(N)=O)s2)c1)C(=O)O. The molecule has 0 radical (unpaired) electrons. The maximum Gasteiger partial charge on any atom is 0.309 e. The molecule has 1 heterocycles. The molecule has 0 aliphatic carbocycles. The van der Waals surface area contributed by atoms with E-state index in [1.807, 2.05) is 24.3 Å². The van der Waals surface area contributed by atoms with Crippen molar-refractivity contribution in [2.24, 2.45) is 16.9 Å². The topological polar surface area (TPSA) is 123 Å². The summed E-state index contributed by atoms with van der Waals surface area (Å²) in [6.07, 6.45) is 2.08. The summed E-state index contributed by atoms with van der Waals surface area (Å²) in [5, 5.41) is 9.20. The second-order valence-electron chi connectivity index (χ2n) is 7.20. The molecule has 27 heavy (non-hydrogen) atoms. The van der Waals surface area contributed by atoms with E-state index in [9.17, 15) is 19.5 Å². The lowest BCUT2D eigenvalue weighted by Gasteiger charge is -2.18. The number of thiophene rings is 1. The molecule has 0 bridgehead atoms. The highest BCUT2D eigenvalue weighted by molar-refractivity contribution is 7.16. The van der Waals surface area contributed by atoms with Gasteiger partial charge in [0.1, 0.15) is 0 Å². The molecule has 1 aromatic carbocycles. The number of nitrogens with two attached hydrogens (primary N) is 2. The number of carboxylic acid groups (broad SMARTS) is 1. The van der Waals surface area contributed by atoms with Gasteiger partial charge in [-0.25, -0.2) is 0 Å². The summed E-state index contributed by atoms with van der Waals surface area (Å²) < 4.78 is 0. The highest BCUT2D eigenvalue weighted by Gasteiger charge is 2.26. The Bertz CT molecular complexity index is 871. The summed E-state index contributed by atoms with van der Waals surface area (Å²) in [7, 11) is 0. The molecular weight excluding hydrogens is 364 g/mol. The molecule has 0 fully saturated rings. The van der Waals surface area contributed by atoms with Gasteiger partial charge in [-0.1, -0.05) is 24.3 Å². The summed E-state index contributed by atoms with van der Waals surface area (Å²) in [6, 6.07) is 9.54. The van der Waals surface area contributed by atoms with E-state index in [-0.39, 0.29) is 6.42 Å². The van der Waals surface area contributed by atoms with Crippen molar-refractivity contribution >= 4 is 29.1 Å². The molecule has 6 nitrogen and oxygen atoms in total. The molecule has 7 heteroatoms. The summed E-state index contributed by atoms with van der Waals surface area (Å²) in [6.45, 7) is 3.45. The van der Waals surface area contributed by atoms with Crippen LogP contribution in [0.1, 0.15) is 47.5 Å². The quantitative estimate of drug-likeness (QED) is 0.611. The molecule has 0 spiro atoms. The number of amides is 2. The number of carbonyl (C=O) groups is 3. The third-order valence-electron chi connectivity index (χ3n) is 4.47. The average molecular weight is 388 g/mol. The number of rotatable bonds is 9. The van der Waals surface area contributed by atoms with Crippen molar-refractivity contribution in [2.45, 2.75) is 39.5 Å². The van der Waals surface area contributed by atoms with Crippen LogP contribution in [0.4, 0.5) is 0 Å². The minimum Gasteiger partial charge on any atom is -0.481 e. The van der Waals surface area contributed by atoms with Crippen LogP contribution in [-0.2, 0) is 22.4 Å². The van der Waals surface area contributed by atoms with Gasteiger partial charge in [0.2, 0.25) is 11.8 Å². The molecule has 5 N–H and O–H groups in total. The molecular formula is C20H24N2O4S. The minimum atomic E-state index is -0.796. The number of carboxylic acids is 1. The molecule has 0 atom stereocenters. The third-order valence-corrected chi connectivity index (χ3v) is 5.65. The summed E-state index contributed by atoms with van der Waals surface area (Å²) in [4.78, 5) is 35.5. The van der Waals surface area contributed by atoms with E-state index in [4.69, 9.17) is 11.5 Å². The van der Waals surface area contributed by atoms with Crippen molar-refractivity contribution in [1.29, 1.82) is 0 Å². The van der Waals surface area contributed by atoms with Gasteiger partial charge in [0, 0.05) is 9.75 Å². The second-order valence-corrected chi connectivity index (χ2v) is 8.33. The first-order valence-corrected chi connectivity index (χ1v) is 9.45. The smallest absolute Gasteiger partial charge is 0.309 e. The number of carbonyl (C=O) groups excluding carboxylic acids is 2. The lowest BCUT2D eigenvalue weighted by molar-refractivity contribution is -0.147. The third kappa shape index (κ3) is 5.40. The molecule has 144 valence electrons. The van der Waals surface area contributed by atoms with Crippen molar-refractivity contribution in [3.05, 3.63) is 46.3 Å². The molecule has 0 aliphatic rings. The number of aliphatic carboxylic acids is 1. The van der Waals surface area contributed by atoms with Crippen molar-refractivity contribution < 1.29 is 19.5 Å². The molecule has 0 unspecified atom stereocenters. The van der Waals surface area contributed by atoms with Crippen LogP contribution in [0.25, 0.3) is 10.4 Å². The van der Waals surface area contributed by atoms with Gasteiger partial charge in [-0.05, 0) is 50.3 Å². The maximum atomic E-state index is 11.6. The Hall–Kier alpha value is -2.67. The predicted molar refractivity (Wildman–Crippen MR) is 106 cm³/mol. The number of primary amides is 2. The number of hydrogen-bond acceptors (Lipinski definition) is 4. The molecule has 0 saturated heterocycles. The first-order chi connectivity index (χ1) is 12.6. The number of benzene rings is 1. The van der Waals surface area contributed by atoms with Crippen LogP contribution in [0.5, 0.6) is 0 Å². The van der Waals surface area contributed by atoms with Crippen LogP contribution in [-0.4, -0.2) is 22.9 Å². The molecule has 2 amide bonds. The van der Waals surface area contributed by atoms with Gasteiger partial charge in [0.25, 0.3) is 0 Å². The fourth-order valence-corrected chi connectivity index (χ4v) is 3.96. The summed E-state index contributed by atoms with van der Waals surface area (Å²) in [5.74, 6) is -1.89. The molecule has 1 aromatic heterocycles. The van der Waals surface area contributed by atoms with Crippen LogP contribution < -0.4 is 11.5 Å². The van der Waals surface area contributed by atoms with Crippen molar-refractivity contribution in [1.82, 2.24) is 0 Å². The van der Waals surface area contributed by atoms with Gasteiger partial charge in [-0.15, -0.1) is 11.3 Å². The van der Waals surface area contributed by atoms with E-state index in [1.165, 1.54) is 11.3 Å². The Kier molecular flexibility index (Phi) is 6.38. The average Bonchev–Trinajstić information content (AvgIpc) is 2.98. The summed E-state index contributed by atoms with van der Waals surface area (Å²) >= 11 is 1.33. The first kappa shape index (κ1) is 20.6. The van der Waals surface area contributed by atoms with E-state index in [1.54, 1.807) is 19.9 Å². The van der Waals surface area contributed by atoms with Gasteiger partial charge in [-0.2, -0.15) is 0 Å². The maximum absolute atomic E-state index is 11.6. The molecule has 0 saturated carbocycles. The van der Waals surface area contributed by atoms with Crippen LogP contribution in [0.15, 0.2) is 30.3 Å². The van der Waals surface area contributed by atoms with E-state index in [2.05, 4.69) is 0 Å². The monoisotopic (exact) mass is 388 g/mol. The zero-order valence-corrected chi connectivity index (χ0v) is 16.3. The van der Waals surface area contributed by atoms with E-state index >= 15 is 0 Å². The van der Waals surface area contributed by atoms with Crippen molar-refractivity contribution in [3.63, 3.8) is 0 Å². The lowest BCUT2D eigenvalue weighted by Crippen LogP contribution is -2.23.